The van der Waals surface area contributed by atoms with Gasteiger partial charge in [0.05, 0.1) is 6.54 Å². The van der Waals surface area contributed by atoms with Gasteiger partial charge in [0.25, 0.3) is 5.91 Å². The van der Waals surface area contributed by atoms with Crippen molar-refractivity contribution in [3.05, 3.63) is 70.5 Å². The smallest absolute Gasteiger partial charge is 0.251 e. The molecule has 3 nitrogen and oxygen atoms in total. The molecule has 1 amide bonds. The van der Waals surface area contributed by atoms with Crippen molar-refractivity contribution in [3.8, 4) is 0 Å². The number of hydrogen-bond donors (Lipinski definition) is 1. The standard InChI is InChI=1S/C15H11ClFNO2/c16-12-3-1-2-11(8-12)14(19)9-18-15(20)10-4-6-13(17)7-5-10/h1-8H,9H2,(H,18,20). The molecular weight excluding hydrogens is 281 g/mol. The van der Waals surface area contributed by atoms with Gasteiger partial charge in [-0.25, -0.2) is 4.39 Å². The maximum absolute atomic E-state index is 12.7. The number of carbonyl (C=O) groups is 2. The first-order valence-corrected chi connectivity index (χ1v) is 6.26. The van der Waals surface area contributed by atoms with E-state index >= 15 is 0 Å². The molecule has 0 fully saturated rings. The molecule has 2 aromatic rings. The van der Waals surface area contributed by atoms with Crippen molar-refractivity contribution in [3.63, 3.8) is 0 Å². The number of nitrogens with one attached hydrogen (secondary N) is 1. The Morgan fingerprint density at radius 3 is 2.40 bits per heavy atom. The van der Waals surface area contributed by atoms with Gasteiger partial charge in [-0.1, -0.05) is 23.7 Å². The third-order valence-corrected chi connectivity index (χ3v) is 2.90. The van der Waals surface area contributed by atoms with Crippen LogP contribution in [0.3, 0.4) is 0 Å². The van der Waals surface area contributed by atoms with Gasteiger partial charge in [-0.2, -0.15) is 0 Å². The van der Waals surface area contributed by atoms with Crippen molar-refractivity contribution in [1.82, 2.24) is 5.32 Å². The average Bonchev–Trinajstić information content (AvgIpc) is 2.45. The molecule has 2 aromatic carbocycles. The SMILES string of the molecule is O=C(CNC(=O)c1ccc(F)cc1)c1cccc(Cl)c1. The highest BCUT2D eigenvalue weighted by molar-refractivity contribution is 6.31. The van der Waals surface area contributed by atoms with E-state index in [0.717, 1.165) is 0 Å². The normalized spacial score (nSPS) is 10.1. The van der Waals surface area contributed by atoms with E-state index in [0.29, 0.717) is 16.1 Å². The number of halogens is 2. The van der Waals surface area contributed by atoms with E-state index in [1.54, 1.807) is 18.2 Å². The Kier molecular flexibility index (Phi) is 4.48. The third kappa shape index (κ3) is 3.65. The first-order valence-electron chi connectivity index (χ1n) is 5.89. The highest BCUT2D eigenvalue weighted by Crippen LogP contribution is 2.11. The van der Waals surface area contributed by atoms with Crippen molar-refractivity contribution in [2.45, 2.75) is 0 Å². The number of amides is 1. The van der Waals surface area contributed by atoms with E-state index in [9.17, 15) is 14.0 Å². The summed E-state index contributed by atoms with van der Waals surface area (Å²) in [5.74, 6) is -1.10. The van der Waals surface area contributed by atoms with Gasteiger partial charge in [0.2, 0.25) is 0 Å². The molecule has 0 saturated carbocycles. The van der Waals surface area contributed by atoms with Crippen molar-refractivity contribution in [1.29, 1.82) is 0 Å². The predicted molar refractivity (Wildman–Crippen MR) is 74.5 cm³/mol. The lowest BCUT2D eigenvalue weighted by atomic mass is 10.1. The van der Waals surface area contributed by atoms with Crippen LogP contribution in [0.4, 0.5) is 4.39 Å². The number of Topliss-reactive ketones (excluding diaryl/α,β-unsaturated/α-hetero) is 1. The molecule has 5 heteroatoms. The van der Waals surface area contributed by atoms with Crippen LogP contribution in [0, 0.1) is 5.82 Å². The van der Waals surface area contributed by atoms with E-state index in [4.69, 9.17) is 11.6 Å². The lowest BCUT2D eigenvalue weighted by Crippen LogP contribution is -2.29. The molecule has 102 valence electrons. The number of ketones is 1. The van der Waals surface area contributed by atoms with Crippen molar-refractivity contribution in [2.75, 3.05) is 6.54 Å². The Morgan fingerprint density at radius 1 is 1.05 bits per heavy atom. The van der Waals surface area contributed by atoms with Crippen LogP contribution in [0.15, 0.2) is 48.5 Å². The van der Waals surface area contributed by atoms with E-state index in [2.05, 4.69) is 5.32 Å². The molecule has 0 aliphatic carbocycles. The van der Waals surface area contributed by atoms with Gasteiger partial charge in [0.15, 0.2) is 5.78 Å². The molecule has 2 rings (SSSR count). The quantitative estimate of drug-likeness (QED) is 0.880. The molecule has 0 bridgehead atoms. The molecule has 0 aliphatic heterocycles. The fraction of sp³-hybridized carbons (Fsp3) is 0.0667. The van der Waals surface area contributed by atoms with Crippen LogP contribution in [0.2, 0.25) is 5.02 Å². The molecule has 1 N–H and O–H groups in total. The van der Waals surface area contributed by atoms with Crippen molar-refractivity contribution >= 4 is 23.3 Å². The van der Waals surface area contributed by atoms with E-state index in [-0.39, 0.29) is 12.3 Å². The summed E-state index contributed by atoms with van der Waals surface area (Å²) in [4.78, 5) is 23.6. The van der Waals surface area contributed by atoms with Crippen molar-refractivity contribution in [2.24, 2.45) is 0 Å². The molecule has 0 atom stereocenters. The summed E-state index contributed by atoms with van der Waals surface area (Å²) in [7, 11) is 0. The number of carbonyl (C=O) groups excluding carboxylic acids is 2. The summed E-state index contributed by atoms with van der Waals surface area (Å²) in [6.07, 6.45) is 0. The summed E-state index contributed by atoms with van der Waals surface area (Å²) in [6.45, 7) is -0.142. The minimum atomic E-state index is -0.430. The summed E-state index contributed by atoms with van der Waals surface area (Å²) in [5.41, 5.74) is 0.724. The Hall–Kier alpha value is -2.20. The van der Waals surface area contributed by atoms with Gasteiger partial charge in [-0.15, -0.1) is 0 Å². The maximum Gasteiger partial charge on any atom is 0.251 e. The van der Waals surface area contributed by atoms with Gasteiger partial charge in [-0.3, -0.25) is 9.59 Å². The number of hydrogen-bond acceptors (Lipinski definition) is 2. The number of rotatable bonds is 4. The van der Waals surface area contributed by atoms with E-state index < -0.39 is 11.7 Å². The third-order valence-electron chi connectivity index (χ3n) is 2.66. The van der Waals surface area contributed by atoms with Crippen LogP contribution in [-0.2, 0) is 0 Å². The monoisotopic (exact) mass is 291 g/mol. The molecule has 0 saturated heterocycles. The maximum atomic E-state index is 12.7. The highest BCUT2D eigenvalue weighted by atomic mass is 35.5. The minimum absolute atomic E-state index is 0.142. The van der Waals surface area contributed by atoms with Crippen LogP contribution in [0.1, 0.15) is 20.7 Å². The topological polar surface area (TPSA) is 46.2 Å². The van der Waals surface area contributed by atoms with E-state index in [1.807, 2.05) is 0 Å². The zero-order chi connectivity index (χ0) is 14.5. The summed E-state index contributed by atoms with van der Waals surface area (Å²) in [6, 6.07) is 11.6. The molecule has 0 spiro atoms. The lowest BCUT2D eigenvalue weighted by molar-refractivity contribution is 0.0904. The molecule has 0 radical (unpaired) electrons. The zero-order valence-electron chi connectivity index (χ0n) is 10.4. The highest BCUT2D eigenvalue weighted by Gasteiger charge is 2.10. The zero-order valence-corrected chi connectivity index (χ0v) is 11.2. The average molecular weight is 292 g/mol. The molecular formula is C15H11ClFNO2. The minimum Gasteiger partial charge on any atom is -0.345 e. The second-order valence-corrected chi connectivity index (χ2v) is 4.56. The van der Waals surface area contributed by atoms with Crippen LogP contribution < -0.4 is 5.32 Å². The molecule has 0 unspecified atom stereocenters. The van der Waals surface area contributed by atoms with Gasteiger partial charge in [0, 0.05) is 16.1 Å². The van der Waals surface area contributed by atoms with Gasteiger partial charge in [0.1, 0.15) is 5.82 Å². The first kappa shape index (κ1) is 14.2. The Labute approximate surface area is 120 Å². The summed E-state index contributed by atoms with van der Waals surface area (Å²) >= 11 is 5.79. The second kappa shape index (κ2) is 6.30. The van der Waals surface area contributed by atoms with Gasteiger partial charge in [-0.05, 0) is 36.4 Å². The fourth-order valence-electron chi connectivity index (χ4n) is 1.63. The van der Waals surface area contributed by atoms with Crippen LogP contribution in [-0.4, -0.2) is 18.2 Å². The van der Waals surface area contributed by atoms with E-state index in [1.165, 1.54) is 30.3 Å². The Bertz CT molecular complexity index is 641. The van der Waals surface area contributed by atoms with Crippen LogP contribution >= 0.6 is 11.6 Å². The molecule has 0 aliphatic rings. The van der Waals surface area contributed by atoms with Gasteiger partial charge < -0.3 is 5.32 Å². The largest absolute Gasteiger partial charge is 0.345 e. The second-order valence-electron chi connectivity index (χ2n) is 4.12. The van der Waals surface area contributed by atoms with Gasteiger partial charge >= 0.3 is 0 Å². The molecule has 0 heterocycles. The van der Waals surface area contributed by atoms with Crippen molar-refractivity contribution < 1.29 is 14.0 Å². The first-order chi connectivity index (χ1) is 9.56. The Balaban J connectivity index is 1.96. The molecule has 20 heavy (non-hydrogen) atoms. The number of benzene rings is 2. The summed E-state index contributed by atoms with van der Waals surface area (Å²) in [5, 5.41) is 2.94. The summed E-state index contributed by atoms with van der Waals surface area (Å²) < 4.78 is 12.7. The molecule has 0 aromatic heterocycles. The fourth-order valence-corrected chi connectivity index (χ4v) is 1.82. The van der Waals surface area contributed by atoms with Crippen LogP contribution in [0.25, 0.3) is 0 Å². The van der Waals surface area contributed by atoms with Crippen LogP contribution in [0.5, 0.6) is 0 Å². The predicted octanol–water partition coefficient (Wildman–Crippen LogP) is 3.09. The lowest BCUT2D eigenvalue weighted by Gasteiger charge is -2.05. The Morgan fingerprint density at radius 2 is 1.75 bits per heavy atom.